The van der Waals surface area contributed by atoms with Gasteiger partial charge in [0.15, 0.2) is 0 Å². The van der Waals surface area contributed by atoms with Gasteiger partial charge in [-0.05, 0) is 12.1 Å². The predicted octanol–water partition coefficient (Wildman–Crippen LogP) is 3.24. The van der Waals surface area contributed by atoms with E-state index >= 15 is 0 Å². The van der Waals surface area contributed by atoms with Crippen LogP contribution in [0, 0.1) is 0 Å². The molecule has 19 heavy (non-hydrogen) atoms. The molecule has 98 valence electrons. The van der Waals surface area contributed by atoms with E-state index in [-0.39, 0.29) is 5.91 Å². The molecule has 3 heteroatoms. The minimum atomic E-state index is -1.71. The Morgan fingerprint density at radius 1 is 0.947 bits per heavy atom. The Morgan fingerprint density at radius 3 is 2.05 bits per heavy atom. The second-order valence-corrected chi connectivity index (χ2v) is 10.0. The summed E-state index contributed by atoms with van der Waals surface area (Å²) in [5.41, 5.74) is 0.866. The predicted molar refractivity (Wildman–Crippen MR) is 83.4 cm³/mol. The molecule has 0 spiro atoms. The van der Waals surface area contributed by atoms with E-state index in [2.05, 4.69) is 30.5 Å². The number of benzene rings is 2. The summed E-state index contributed by atoms with van der Waals surface area (Å²) in [4.78, 5) is 12.1. The van der Waals surface area contributed by atoms with Crippen molar-refractivity contribution < 1.29 is 4.79 Å². The normalized spacial score (nSPS) is 11.1. The van der Waals surface area contributed by atoms with Crippen LogP contribution >= 0.6 is 0 Å². The second-order valence-electron chi connectivity index (χ2n) is 5.34. The monoisotopic (exact) mass is 269 g/mol. The highest BCUT2D eigenvalue weighted by atomic mass is 28.3. The summed E-state index contributed by atoms with van der Waals surface area (Å²) in [7, 11) is -1.71. The standard InChI is InChI=1S/C16H19NOSi/c1-19(2,15-11-7-4-8-12-15)13-16(18)17-14-9-5-3-6-10-14/h3-12H,13H2,1-2H3,(H,17,18). The third kappa shape index (κ3) is 3.79. The van der Waals surface area contributed by atoms with Gasteiger partial charge in [0, 0.05) is 11.7 Å². The number of hydrogen-bond acceptors (Lipinski definition) is 1. The number of anilines is 1. The highest BCUT2D eigenvalue weighted by molar-refractivity contribution is 6.91. The molecular formula is C16H19NOSi. The van der Waals surface area contributed by atoms with E-state index in [1.54, 1.807) is 0 Å². The van der Waals surface area contributed by atoms with Crippen molar-refractivity contribution in [1.82, 2.24) is 0 Å². The molecule has 0 atom stereocenters. The number of hydrogen-bond donors (Lipinski definition) is 1. The summed E-state index contributed by atoms with van der Waals surface area (Å²) in [6.07, 6.45) is 0. The lowest BCUT2D eigenvalue weighted by atomic mass is 10.3. The van der Waals surface area contributed by atoms with Crippen LogP contribution in [0.1, 0.15) is 0 Å². The van der Waals surface area contributed by atoms with Crippen LogP contribution in [0.5, 0.6) is 0 Å². The summed E-state index contributed by atoms with van der Waals surface area (Å²) in [5, 5.41) is 4.28. The fourth-order valence-electron chi connectivity index (χ4n) is 2.12. The fraction of sp³-hybridized carbons (Fsp3) is 0.188. The molecule has 0 radical (unpaired) electrons. The van der Waals surface area contributed by atoms with Crippen molar-refractivity contribution in [3.63, 3.8) is 0 Å². The zero-order valence-corrected chi connectivity index (χ0v) is 12.4. The molecule has 2 aromatic rings. The lowest BCUT2D eigenvalue weighted by molar-refractivity contribution is -0.114. The van der Waals surface area contributed by atoms with E-state index in [0.717, 1.165) is 5.69 Å². The van der Waals surface area contributed by atoms with Crippen LogP contribution < -0.4 is 10.5 Å². The maximum Gasteiger partial charge on any atom is 0.222 e. The Kier molecular flexibility index (Phi) is 4.17. The molecule has 0 aliphatic rings. The van der Waals surface area contributed by atoms with Crippen LogP contribution in [0.3, 0.4) is 0 Å². The van der Waals surface area contributed by atoms with Crippen LogP contribution in [-0.4, -0.2) is 14.0 Å². The smallest absolute Gasteiger partial charge is 0.222 e. The van der Waals surface area contributed by atoms with Gasteiger partial charge in [-0.1, -0.05) is 66.8 Å². The first kappa shape index (κ1) is 13.6. The van der Waals surface area contributed by atoms with E-state index in [0.29, 0.717) is 6.04 Å². The van der Waals surface area contributed by atoms with E-state index in [1.165, 1.54) is 5.19 Å². The first-order valence-corrected chi connectivity index (χ1v) is 9.69. The summed E-state index contributed by atoms with van der Waals surface area (Å²) in [6.45, 7) is 4.46. The van der Waals surface area contributed by atoms with Gasteiger partial charge >= 0.3 is 0 Å². The Hall–Kier alpha value is -1.87. The minimum Gasteiger partial charge on any atom is -0.326 e. The average Bonchev–Trinajstić information content (AvgIpc) is 2.40. The van der Waals surface area contributed by atoms with E-state index in [9.17, 15) is 4.79 Å². The largest absolute Gasteiger partial charge is 0.326 e. The lowest BCUT2D eigenvalue weighted by Crippen LogP contribution is -2.44. The Balaban J connectivity index is 2.02. The number of rotatable bonds is 4. The Bertz CT molecular complexity index is 537. The summed E-state index contributed by atoms with van der Waals surface area (Å²) < 4.78 is 0. The Labute approximate surface area is 115 Å². The van der Waals surface area contributed by atoms with Crippen molar-refractivity contribution in [2.24, 2.45) is 0 Å². The molecule has 2 rings (SSSR count). The van der Waals surface area contributed by atoms with Crippen molar-refractivity contribution in [2.45, 2.75) is 19.1 Å². The van der Waals surface area contributed by atoms with Crippen LogP contribution in [0.4, 0.5) is 5.69 Å². The van der Waals surface area contributed by atoms with Gasteiger partial charge in [0.2, 0.25) is 5.91 Å². The number of para-hydroxylation sites is 1. The van der Waals surface area contributed by atoms with Gasteiger partial charge in [0.25, 0.3) is 0 Å². The lowest BCUT2D eigenvalue weighted by Gasteiger charge is -2.22. The zero-order valence-electron chi connectivity index (χ0n) is 11.4. The quantitative estimate of drug-likeness (QED) is 0.848. The van der Waals surface area contributed by atoms with Gasteiger partial charge in [-0.2, -0.15) is 0 Å². The number of amides is 1. The molecule has 0 aromatic heterocycles. The molecule has 2 aromatic carbocycles. The molecule has 2 nitrogen and oxygen atoms in total. The third-order valence-electron chi connectivity index (χ3n) is 3.22. The van der Waals surface area contributed by atoms with E-state index in [4.69, 9.17) is 0 Å². The SMILES string of the molecule is C[Si](C)(CC(=O)Nc1ccccc1)c1ccccc1. The van der Waals surface area contributed by atoms with Crippen molar-refractivity contribution in [3.8, 4) is 0 Å². The highest BCUT2D eigenvalue weighted by Crippen LogP contribution is 2.12. The molecule has 0 aliphatic heterocycles. The van der Waals surface area contributed by atoms with Crippen molar-refractivity contribution in [2.75, 3.05) is 5.32 Å². The number of carbonyl (C=O) groups is 1. The summed E-state index contributed by atoms with van der Waals surface area (Å²) in [6, 6.07) is 20.6. The minimum absolute atomic E-state index is 0.103. The van der Waals surface area contributed by atoms with Crippen LogP contribution in [-0.2, 0) is 4.79 Å². The fourth-order valence-corrected chi connectivity index (χ4v) is 4.31. The van der Waals surface area contributed by atoms with Crippen molar-refractivity contribution in [3.05, 3.63) is 60.7 Å². The number of carbonyl (C=O) groups excluding carboxylic acids is 1. The molecule has 0 saturated carbocycles. The number of nitrogens with one attached hydrogen (secondary N) is 1. The summed E-state index contributed by atoms with van der Waals surface area (Å²) in [5.74, 6) is 0.103. The summed E-state index contributed by atoms with van der Waals surface area (Å²) >= 11 is 0. The van der Waals surface area contributed by atoms with Gasteiger partial charge < -0.3 is 5.32 Å². The van der Waals surface area contributed by atoms with E-state index in [1.807, 2.05) is 48.5 Å². The first-order chi connectivity index (χ1) is 9.08. The molecule has 0 bridgehead atoms. The Morgan fingerprint density at radius 2 is 1.47 bits per heavy atom. The third-order valence-corrected chi connectivity index (χ3v) is 6.32. The maximum atomic E-state index is 12.1. The molecule has 0 saturated heterocycles. The van der Waals surface area contributed by atoms with Crippen molar-refractivity contribution in [1.29, 1.82) is 0 Å². The first-order valence-electron chi connectivity index (χ1n) is 6.48. The topological polar surface area (TPSA) is 29.1 Å². The van der Waals surface area contributed by atoms with Crippen LogP contribution in [0.25, 0.3) is 0 Å². The average molecular weight is 269 g/mol. The van der Waals surface area contributed by atoms with Gasteiger partial charge in [-0.15, -0.1) is 0 Å². The van der Waals surface area contributed by atoms with Gasteiger partial charge in [-0.25, -0.2) is 0 Å². The van der Waals surface area contributed by atoms with Gasteiger partial charge in [0.1, 0.15) is 0 Å². The van der Waals surface area contributed by atoms with Crippen LogP contribution in [0.2, 0.25) is 19.1 Å². The zero-order chi connectivity index (χ0) is 13.7. The van der Waals surface area contributed by atoms with Gasteiger partial charge in [0.05, 0.1) is 8.07 Å². The molecule has 1 amide bonds. The van der Waals surface area contributed by atoms with Crippen molar-refractivity contribution >= 4 is 24.9 Å². The molecule has 0 unspecified atom stereocenters. The molecule has 0 fully saturated rings. The van der Waals surface area contributed by atoms with E-state index < -0.39 is 8.07 Å². The molecule has 1 N–H and O–H groups in total. The molecular weight excluding hydrogens is 250 g/mol. The molecule has 0 heterocycles. The second kappa shape index (κ2) is 5.84. The highest BCUT2D eigenvalue weighted by Gasteiger charge is 2.26. The van der Waals surface area contributed by atoms with Gasteiger partial charge in [-0.3, -0.25) is 4.79 Å². The van der Waals surface area contributed by atoms with Crippen LogP contribution in [0.15, 0.2) is 60.7 Å². The maximum absolute atomic E-state index is 12.1. The molecule has 0 aliphatic carbocycles.